The number of carbonyl (C=O) groups excluding carboxylic acids is 1. The molecule has 3 rings (SSSR count). The topological polar surface area (TPSA) is 63.1 Å². The molecule has 0 bridgehead atoms. The van der Waals surface area contributed by atoms with E-state index < -0.39 is 0 Å². The van der Waals surface area contributed by atoms with E-state index in [0.717, 1.165) is 27.2 Å². The van der Waals surface area contributed by atoms with Gasteiger partial charge in [0.1, 0.15) is 6.54 Å². The molecule has 6 heteroatoms. The first-order valence-corrected chi connectivity index (χ1v) is 7.24. The van der Waals surface area contributed by atoms with Crippen LogP contribution in [0.2, 0.25) is 0 Å². The highest BCUT2D eigenvalue weighted by molar-refractivity contribution is 7.16. The Bertz CT molecular complexity index is 824. The summed E-state index contributed by atoms with van der Waals surface area (Å²) in [5, 5.41) is 0. The number of hydrazine groups is 1. The van der Waals surface area contributed by atoms with Gasteiger partial charge in [-0.05, 0) is 24.3 Å². The minimum absolute atomic E-state index is 0.0112. The molecule has 0 atom stereocenters. The highest BCUT2D eigenvalue weighted by atomic mass is 32.1. The van der Waals surface area contributed by atoms with Crippen molar-refractivity contribution in [1.82, 2.24) is 9.99 Å². The average Bonchev–Trinajstić information content (AvgIpc) is 2.82. The van der Waals surface area contributed by atoms with E-state index in [4.69, 9.17) is 0 Å². The van der Waals surface area contributed by atoms with Crippen molar-refractivity contribution in [3.8, 4) is 0 Å². The lowest BCUT2D eigenvalue weighted by Crippen LogP contribution is -2.34. The first-order chi connectivity index (χ1) is 10.2. The van der Waals surface area contributed by atoms with Crippen molar-refractivity contribution in [3.63, 3.8) is 0 Å². The van der Waals surface area contributed by atoms with Crippen LogP contribution < -0.4 is 15.7 Å². The van der Waals surface area contributed by atoms with Crippen molar-refractivity contribution in [2.24, 2.45) is 0 Å². The molecule has 0 fully saturated rings. The van der Waals surface area contributed by atoms with E-state index in [1.807, 2.05) is 54.6 Å². The molecular formula is C15H13N3O2S. The summed E-state index contributed by atoms with van der Waals surface area (Å²) in [7, 11) is 0. The second kappa shape index (κ2) is 5.80. The lowest BCUT2D eigenvalue weighted by molar-refractivity contribution is -0.121. The quantitative estimate of drug-likeness (QED) is 0.726. The zero-order valence-corrected chi connectivity index (χ0v) is 11.9. The molecule has 0 radical (unpaired) electrons. The highest BCUT2D eigenvalue weighted by Gasteiger charge is 2.10. The standard InChI is InChI=1S/C15H13N3O2S/c19-14(17-16-11-6-2-1-3-7-11)10-18-12-8-4-5-9-13(12)21-15(18)20/h1-9,16H,10H2,(H,17,19). The summed E-state index contributed by atoms with van der Waals surface area (Å²) >= 11 is 1.14. The molecular weight excluding hydrogens is 286 g/mol. The van der Waals surface area contributed by atoms with Gasteiger partial charge in [0, 0.05) is 0 Å². The van der Waals surface area contributed by atoms with Gasteiger partial charge in [-0.25, -0.2) is 0 Å². The van der Waals surface area contributed by atoms with Crippen LogP contribution in [-0.2, 0) is 11.3 Å². The van der Waals surface area contributed by atoms with Crippen LogP contribution in [0.4, 0.5) is 5.69 Å². The Hall–Kier alpha value is -2.60. The van der Waals surface area contributed by atoms with E-state index in [9.17, 15) is 9.59 Å². The maximum atomic E-state index is 12.0. The number of carbonyl (C=O) groups is 1. The lowest BCUT2D eigenvalue weighted by Gasteiger charge is -2.08. The first-order valence-electron chi connectivity index (χ1n) is 6.42. The summed E-state index contributed by atoms with van der Waals surface area (Å²) in [5.74, 6) is -0.274. The first kappa shape index (κ1) is 13.4. The molecule has 0 aliphatic rings. The van der Waals surface area contributed by atoms with Crippen molar-refractivity contribution in [3.05, 3.63) is 64.3 Å². The SMILES string of the molecule is O=C(Cn1c(=O)sc2ccccc21)NNc1ccccc1. The fourth-order valence-electron chi connectivity index (χ4n) is 2.01. The Morgan fingerprint density at radius 2 is 1.76 bits per heavy atom. The molecule has 2 aromatic carbocycles. The van der Waals surface area contributed by atoms with E-state index in [-0.39, 0.29) is 17.3 Å². The number of nitrogens with zero attached hydrogens (tertiary/aromatic N) is 1. The van der Waals surface area contributed by atoms with Crippen LogP contribution in [0.15, 0.2) is 59.4 Å². The number of thiazole rings is 1. The van der Waals surface area contributed by atoms with Gasteiger partial charge in [0.2, 0.25) is 0 Å². The fraction of sp³-hybridized carbons (Fsp3) is 0.0667. The molecule has 2 N–H and O–H groups in total. The zero-order chi connectivity index (χ0) is 14.7. The van der Waals surface area contributed by atoms with E-state index in [0.29, 0.717) is 0 Å². The third-order valence-electron chi connectivity index (χ3n) is 3.00. The van der Waals surface area contributed by atoms with Crippen LogP contribution in [0.25, 0.3) is 10.2 Å². The molecule has 0 saturated carbocycles. The Morgan fingerprint density at radius 1 is 1.05 bits per heavy atom. The number of fused-ring (bicyclic) bond motifs is 1. The van der Waals surface area contributed by atoms with Crippen molar-refractivity contribution in [2.75, 3.05) is 5.43 Å². The van der Waals surface area contributed by atoms with Crippen LogP contribution in [0.1, 0.15) is 0 Å². The molecule has 1 amide bonds. The number of para-hydroxylation sites is 2. The predicted molar refractivity (Wildman–Crippen MR) is 84.3 cm³/mol. The van der Waals surface area contributed by atoms with Gasteiger partial charge in [0.15, 0.2) is 0 Å². The monoisotopic (exact) mass is 299 g/mol. The van der Waals surface area contributed by atoms with Gasteiger partial charge >= 0.3 is 4.87 Å². The van der Waals surface area contributed by atoms with Crippen molar-refractivity contribution in [2.45, 2.75) is 6.54 Å². The number of anilines is 1. The Labute approximate surface area is 124 Å². The van der Waals surface area contributed by atoms with Gasteiger partial charge in [-0.2, -0.15) is 0 Å². The second-order valence-electron chi connectivity index (χ2n) is 4.46. The fourth-order valence-corrected chi connectivity index (χ4v) is 2.90. The van der Waals surface area contributed by atoms with Crippen LogP contribution >= 0.6 is 11.3 Å². The number of amides is 1. The summed E-state index contributed by atoms with van der Waals surface area (Å²) in [5.41, 5.74) is 6.96. The van der Waals surface area contributed by atoms with Gasteiger partial charge in [0.25, 0.3) is 5.91 Å². The van der Waals surface area contributed by atoms with Gasteiger partial charge in [-0.15, -0.1) is 0 Å². The number of rotatable bonds is 4. The molecule has 0 aliphatic heterocycles. The summed E-state index contributed by atoms with van der Waals surface area (Å²) < 4.78 is 2.36. The summed E-state index contributed by atoms with van der Waals surface area (Å²) in [6, 6.07) is 16.7. The average molecular weight is 299 g/mol. The minimum atomic E-state index is -0.274. The molecule has 0 saturated heterocycles. The van der Waals surface area contributed by atoms with Gasteiger partial charge < -0.3 is 0 Å². The number of hydrogen-bond acceptors (Lipinski definition) is 4. The van der Waals surface area contributed by atoms with Crippen molar-refractivity contribution >= 4 is 33.1 Å². The normalized spacial score (nSPS) is 10.5. The predicted octanol–water partition coefficient (Wildman–Crippen LogP) is 2.21. The number of aromatic nitrogens is 1. The largest absolute Gasteiger partial charge is 0.308 e. The molecule has 5 nitrogen and oxygen atoms in total. The third-order valence-corrected chi connectivity index (χ3v) is 3.96. The van der Waals surface area contributed by atoms with E-state index in [1.165, 1.54) is 4.57 Å². The van der Waals surface area contributed by atoms with Crippen LogP contribution in [0, 0.1) is 0 Å². The Kier molecular flexibility index (Phi) is 3.70. The summed E-state index contributed by atoms with van der Waals surface area (Å²) in [6.07, 6.45) is 0. The molecule has 3 aromatic rings. The molecule has 0 aliphatic carbocycles. The molecule has 21 heavy (non-hydrogen) atoms. The van der Waals surface area contributed by atoms with Crippen molar-refractivity contribution < 1.29 is 4.79 Å². The lowest BCUT2D eigenvalue weighted by atomic mass is 10.3. The molecule has 1 aromatic heterocycles. The number of benzene rings is 2. The zero-order valence-electron chi connectivity index (χ0n) is 11.1. The molecule has 0 unspecified atom stereocenters. The molecule has 1 heterocycles. The minimum Gasteiger partial charge on any atom is -0.299 e. The van der Waals surface area contributed by atoms with Crippen molar-refractivity contribution in [1.29, 1.82) is 0 Å². The van der Waals surface area contributed by atoms with Crippen LogP contribution in [0.5, 0.6) is 0 Å². The van der Waals surface area contributed by atoms with E-state index >= 15 is 0 Å². The summed E-state index contributed by atoms with van der Waals surface area (Å²) in [4.78, 5) is 23.7. The highest BCUT2D eigenvalue weighted by Crippen LogP contribution is 2.16. The maximum Gasteiger partial charge on any atom is 0.308 e. The second-order valence-corrected chi connectivity index (χ2v) is 5.45. The smallest absolute Gasteiger partial charge is 0.299 e. The van der Waals surface area contributed by atoms with E-state index in [2.05, 4.69) is 10.9 Å². The maximum absolute atomic E-state index is 12.0. The van der Waals surface area contributed by atoms with Crippen LogP contribution in [-0.4, -0.2) is 10.5 Å². The van der Waals surface area contributed by atoms with Crippen LogP contribution in [0.3, 0.4) is 0 Å². The number of hydrogen-bond donors (Lipinski definition) is 2. The summed E-state index contributed by atoms with van der Waals surface area (Å²) in [6.45, 7) is -0.0112. The molecule has 0 spiro atoms. The van der Waals surface area contributed by atoms with E-state index in [1.54, 1.807) is 0 Å². The van der Waals surface area contributed by atoms with Gasteiger partial charge in [-0.1, -0.05) is 41.7 Å². The number of nitrogens with one attached hydrogen (secondary N) is 2. The Morgan fingerprint density at radius 3 is 2.57 bits per heavy atom. The van der Waals surface area contributed by atoms with Gasteiger partial charge in [-0.3, -0.25) is 25.0 Å². The van der Waals surface area contributed by atoms with Gasteiger partial charge in [0.05, 0.1) is 15.9 Å². The Balaban J connectivity index is 1.72. The third kappa shape index (κ3) is 2.95. The molecule has 106 valence electrons.